The van der Waals surface area contributed by atoms with Crippen molar-refractivity contribution in [2.75, 3.05) is 0 Å². The molecule has 1 fully saturated rings. The van der Waals surface area contributed by atoms with Gasteiger partial charge in [0.15, 0.2) is 0 Å². The highest BCUT2D eigenvalue weighted by Crippen LogP contribution is 2.34. The molecule has 2 atom stereocenters. The monoisotopic (exact) mass is 318 g/mol. The number of nitrogens with one attached hydrogen (secondary N) is 1. The van der Waals surface area contributed by atoms with Crippen LogP contribution in [0.2, 0.25) is 0 Å². The topological polar surface area (TPSA) is 42.0 Å². The first-order chi connectivity index (χ1) is 11.4. The third-order valence-electron chi connectivity index (χ3n) is 4.42. The van der Waals surface area contributed by atoms with Gasteiger partial charge in [-0.15, -0.1) is 0 Å². The van der Waals surface area contributed by atoms with Gasteiger partial charge in [-0.25, -0.2) is 0 Å². The Morgan fingerprint density at radius 2 is 1.75 bits per heavy atom. The first kappa shape index (κ1) is 16.3. The summed E-state index contributed by atoms with van der Waals surface area (Å²) < 4.78 is 0. The Hall–Kier alpha value is -2.60. The van der Waals surface area contributed by atoms with E-state index in [2.05, 4.69) is 42.9 Å². The van der Waals surface area contributed by atoms with Crippen molar-refractivity contribution in [1.82, 2.24) is 10.3 Å². The predicted octanol–water partition coefficient (Wildman–Crippen LogP) is 3.50. The molecule has 1 amide bonds. The lowest BCUT2D eigenvalue weighted by atomic mass is 9.84. The van der Waals surface area contributed by atoms with Gasteiger partial charge in [0.05, 0.1) is 11.6 Å². The first-order valence-electron chi connectivity index (χ1n) is 8.27. The smallest absolute Gasteiger partial charge is 0.229 e. The van der Waals surface area contributed by atoms with E-state index in [0.717, 1.165) is 23.2 Å². The van der Waals surface area contributed by atoms with Crippen LogP contribution in [-0.2, 0) is 4.79 Å². The second-order valence-corrected chi connectivity index (χ2v) is 7.30. The van der Waals surface area contributed by atoms with E-state index >= 15 is 0 Å². The molecule has 3 heteroatoms. The van der Waals surface area contributed by atoms with Crippen LogP contribution in [0, 0.1) is 17.3 Å². The lowest BCUT2D eigenvalue weighted by Gasteiger charge is -2.26. The van der Waals surface area contributed by atoms with Crippen molar-refractivity contribution >= 4 is 5.91 Å². The van der Waals surface area contributed by atoms with Gasteiger partial charge in [-0.3, -0.25) is 9.78 Å². The van der Waals surface area contributed by atoms with Gasteiger partial charge >= 0.3 is 0 Å². The largest absolute Gasteiger partial charge is 0.352 e. The number of hydrogen-bond donors (Lipinski definition) is 1. The maximum absolute atomic E-state index is 12.2. The highest BCUT2D eigenvalue weighted by molar-refractivity contribution is 5.85. The molecule has 1 saturated heterocycles. The predicted molar refractivity (Wildman–Crippen MR) is 95.4 cm³/mol. The molecule has 0 saturated carbocycles. The van der Waals surface area contributed by atoms with E-state index < -0.39 is 0 Å². The molecule has 0 spiro atoms. The number of aromatic nitrogens is 1. The van der Waals surface area contributed by atoms with Crippen molar-refractivity contribution < 1.29 is 4.79 Å². The third kappa shape index (κ3) is 3.65. The maximum atomic E-state index is 12.2. The Bertz CT molecular complexity index is 777. The second-order valence-electron chi connectivity index (χ2n) is 7.30. The van der Waals surface area contributed by atoms with Gasteiger partial charge in [-0.1, -0.05) is 50.8 Å². The zero-order valence-corrected chi connectivity index (χ0v) is 14.3. The first-order valence-corrected chi connectivity index (χ1v) is 8.27. The van der Waals surface area contributed by atoms with E-state index in [0.29, 0.717) is 0 Å². The van der Waals surface area contributed by atoms with Crippen molar-refractivity contribution in [3.05, 3.63) is 65.5 Å². The summed E-state index contributed by atoms with van der Waals surface area (Å²) in [5.41, 5.74) is 2.72. The molecule has 0 radical (unpaired) electrons. The van der Waals surface area contributed by atoms with Gasteiger partial charge < -0.3 is 5.32 Å². The lowest BCUT2D eigenvalue weighted by Crippen LogP contribution is -2.36. The fourth-order valence-corrected chi connectivity index (χ4v) is 2.85. The molecule has 2 heterocycles. The summed E-state index contributed by atoms with van der Waals surface area (Å²) in [6.45, 7) is 6.45. The molecule has 3 rings (SSSR count). The average Bonchev–Trinajstić information content (AvgIpc) is 2.97. The molecule has 2 aromatic rings. The number of amides is 1. The van der Waals surface area contributed by atoms with Gasteiger partial charge in [0.25, 0.3) is 0 Å². The number of carbonyl (C=O) groups is 1. The van der Waals surface area contributed by atoms with Crippen molar-refractivity contribution in [2.45, 2.75) is 39.2 Å². The molecule has 1 aliphatic rings. The van der Waals surface area contributed by atoms with Crippen LogP contribution >= 0.6 is 0 Å². The fraction of sp³-hybridized carbons (Fsp3) is 0.333. The molecular formula is C21H22N2O. The third-order valence-corrected chi connectivity index (χ3v) is 4.42. The molecular weight excluding hydrogens is 296 g/mol. The summed E-state index contributed by atoms with van der Waals surface area (Å²) in [5, 5.41) is 3.10. The van der Waals surface area contributed by atoms with E-state index in [9.17, 15) is 4.79 Å². The zero-order chi connectivity index (χ0) is 17.2. The summed E-state index contributed by atoms with van der Waals surface area (Å²) in [7, 11) is 0. The van der Waals surface area contributed by atoms with Crippen molar-refractivity contribution in [3.8, 4) is 11.8 Å². The zero-order valence-electron chi connectivity index (χ0n) is 14.3. The molecule has 2 unspecified atom stereocenters. The highest BCUT2D eigenvalue weighted by atomic mass is 16.2. The molecule has 122 valence electrons. The van der Waals surface area contributed by atoms with Gasteiger partial charge in [-0.05, 0) is 36.1 Å². The Morgan fingerprint density at radius 3 is 2.33 bits per heavy atom. The summed E-state index contributed by atoms with van der Waals surface area (Å²) in [6, 6.07) is 13.9. The maximum Gasteiger partial charge on any atom is 0.229 e. The molecule has 24 heavy (non-hydrogen) atoms. The van der Waals surface area contributed by atoms with Gasteiger partial charge in [-0.2, -0.15) is 0 Å². The van der Waals surface area contributed by atoms with E-state index in [1.165, 1.54) is 0 Å². The quantitative estimate of drug-likeness (QED) is 0.818. The van der Waals surface area contributed by atoms with E-state index in [-0.39, 0.29) is 23.3 Å². The summed E-state index contributed by atoms with van der Waals surface area (Å²) in [4.78, 5) is 16.7. The molecule has 1 aromatic carbocycles. The summed E-state index contributed by atoms with van der Waals surface area (Å²) in [5.74, 6) is 6.14. The van der Waals surface area contributed by atoms with E-state index in [1.54, 1.807) is 6.20 Å². The van der Waals surface area contributed by atoms with Crippen LogP contribution in [-0.4, -0.2) is 16.9 Å². The van der Waals surface area contributed by atoms with Crippen molar-refractivity contribution in [3.63, 3.8) is 0 Å². The van der Waals surface area contributed by atoms with Gasteiger partial charge in [0.2, 0.25) is 5.91 Å². The molecule has 0 bridgehead atoms. The van der Waals surface area contributed by atoms with Crippen LogP contribution in [0.25, 0.3) is 0 Å². The van der Waals surface area contributed by atoms with Crippen molar-refractivity contribution in [1.29, 1.82) is 0 Å². The minimum atomic E-state index is -0.162. The SMILES string of the molecule is CC(C)(C)C1CC(c2ccc(C#Cc3ccccc3)cn2)C(=O)N1. The highest BCUT2D eigenvalue weighted by Gasteiger charge is 2.39. The van der Waals surface area contributed by atoms with Crippen LogP contribution < -0.4 is 5.32 Å². The average molecular weight is 318 g/mol. The number of pyridine rings is 1. The number of hydrogen-bond acceptors (Lipinski definition) is 2. The van der Waals surface area contributed by atoms with Crippen LogP contribution in [0.15, 0.2) is 48.7 Å². The molecule has 0 aliphatic carbocycles. The number of rotatable bonds is 1. The Balaban J connectivity index is 1.74. The van der Waals surface area contributed by atoms with Gasteiger partial charge in [0.1, 0.15) is 0 Å². The van der Waals surface area contributed by atoms with Gasteiger partial charge in [0, 0.05) is 23.4 Å². The van der Waals surface area contributed by atoms with Crippen LogP contribution in [0.3, 0.4) is 0 Å². The lowest BCUT2D eigenvalue weighted by molar-refractivity contribution is -0.120. The Morgan fingerprint density at radius 1 is 1.04 bits per heavy atom. The summed E-state index contributed by atoms with van der Waals surface area (Å²) >= 11 is 0. The molecule has 1 aromatic heterocycles. The normalized spacial score (nSPS) is 20.2. The van der Waals surface area contributed by atoms with E-state index in [4.69, 9.17) is 0 Å². The van der Waals surface area contributed by atoms with Crippen molar-refractivity contribution in [2.24, 2.45) is 5.41 Å². The minimum Gasteiger partial charge on any atom is -0.352 e. The molecule has 1 aliphatic heterocycles. The molecule has 3 nitrogen and oxygen atoms in total. The number of nitrogens with zero attached hydrogens (tertiary/aromatic N) is 1. The fourth-order valence-electron chi connectivity index (χ4n) is 2.85. The van der Waals surface area contributed by atoms with E-state index in [1.807, 2.05) is 42.5 Å². The van der Waals surface area contributed by atoms with Crippen LogP contribution in [0.1, 0.15) is 49.9 Å². The van der Waals surface area contributed by atoms with Crippen LogP contribution in [0.4, 0.5) is 0 Å². The standard InChI is InChI=1S/C21H22N2O/c1-21(2,3)19-13-17(20(24)23-19)18-12-11-16(14-22-18)10-9-15-7-5-4-6-8-15/h4-8,11-12,14,17,19H,13H2,1-3H3,(H,23,24). The minimum absolute atomic E-state index is 0.0610. The van der Waals surface area contributed by atoms with Crippen LogP contribution in [0.5, 0.6) is 0 Å². The number of carbonyl (C=O) groups excluding carboxylic acids is 1. The second kappa shape index (κ2) is 6.49. The Kier molecular flexibility index (Phi) is 4.40. The number of benzene rings is 1. The Labute approximate surface area is 143 Å². The molecule has 1 N–H and O–H groups in total. The summed E-state index contributed by atoms with van der Waals surface area (Å²) in [6.07, 6.45) is 2.55.